The van der Waals surface area contributed by atoms with Crippen molar-refractivity contribution in [1.82, 2.24) is 10.2 Å². The van der Waals surface area contributed by atoms with E-state index in [1.807, 2.05) is 35.2 Å². The molecule has 1 N–H and O–H groups in total. The summed E-state index contributed by atoms with van der Waals surface area (Å²) in [6, 6.07) is 22.5. The summed E-state index contributed by atoms with van der Waals surface area (Å²) in [5.74, 6) is -1.98. The lowest BCUT2D eigenvalue weighted by molar-refractivity contribution is -0.134. The highest BCUT2D eigenvalue weighted by molar-refractivity contribution is 6.27. The molecule has 3 aliphatic heterocycles. The lowest BCUT2D eigenvalue weighted by Gasteiger charge is -2.36. The van der Waals surface area contributed by atoms with Crippen molar-refractivity contribution >= 4 is 39.9 Å². The van der Waals surface area contributed by atoms with Gasteiger partial charge in [0.25, 0.3) is 5.91 Å². The van der Waals surface area contributed by atoms with Crippen LogP contribution >= 0.6 is 0 Å². The third kappa shape index (κ3) is 4.97. The number of carbonyl (C=O) groups excluding carboxylic acids is 3. The molecule has 0 aromatic heterocycles. The number of nitriles is 1. The van der Waals surface area contributed by atoms with E-state index in [0.717, 1.165) is 41.5 Å². The predicted molar refractivity (Wildman–Crippen MR) is 165 cm³/mol. The molecule has 2 fully saturated rings. The van der Waals surface area contributed by atoms with Crippen LogP contribution in [0.25, 0.3) is 10.8 Å². The number of piperazine rings is 1. The molecule has 2 saturated heterocycles. The van der Waals surface area contributed by atoms with Gasteiger partial charge in [-0.2, -0.15) is 5.26 Å². The highest BCUT2D eigenvalue weighted by atomic mass is 19.1. The number of halogens is 1. The maximum atomic E-state index is 14.5. The van der Waals surface area contributed by atoms with Crippen molar-refractivity contribution in [3.8, 4) is 6.07 Å². The van der Waals surface area contributed by atoms with Gasteiger partial charge in [-0.1, -0.05) is 42.5 Å². The summed E-state index contributed by atoms with van der Waals surface area (Å²) >= 11 is 0. The van der Waals surface area contributed by atoms with E-state index in [4.69, 9.17) is 6.63 Å². The molecule has 0 radical (unpaired) electrons. The van der Waals surface area contributed by atoms with Gasteiger partial charge in [-0.25, -0.2) is 4.39 Å². The van der Waals surface area contributed by atoms with Gasteiger partial charge in [0.05, 0.1) is 24.4 Å². The Hall–Kier alpha value is -5.07. The maximum absolute atomic E-state index is 14.5. The number of amides is 3. The van der Waals surface area contributed by atoms with Crippen LogP contribution in [0.3, 0.4) is 0 Å². The van der Waals surface area contributed by atoms with Crippen LogP contribution in [0.2, 0.25) is 0 Å². The number of nitrogens with zero attached hydrogens (tertiary/aromatic N) is 4. The molecule has 3 heterocycles. The smallest absolute Gasteiger partial charge is 0.259 e. The van der Waals surface area contributed by atoms with Crippen LogP contribution in [0.5, 0.6) is 0 Å². The molecule has 4 aromatic rings. The standard InChI is InChI=1S/C35H30FN5O3/c36-28-19-24(20-37)8-10-29(28)40-16-14-39(15-17-40)21-23-6-4-22(5-7-23)18-25-9-11-30-33-26(25)2-1-3-27(33)35(44)41(30)31-12-13-32(42)38-34(31)43/h1-11,19,31H,12-18,21H2,(H,38,42,43)/t31-/m0/s1/i31D. The number of carbonyl (C=O) groups is 3. The van der Waals surface area contributed by atoms with Gasteiger partial charge in [0.15, 0.2) is 0 Å². The minimum Gasteiger partial charge on any atom is -0.367 e. The number of anilines is 2. The minimum atomic E-state index is -1.89. The number of hydrogen-bond donors (Lipinski definition) is 1. The summed E-state index contributed by atoms with van der Waals surface area (Å²) in [6.07, 6.45) is 0.588. The third-order valence-electron chi connectivity index (χ3n) is 8.77. The van der Waals surface area contributed by atoms with E-state index in [1.54, 1.807) is 18.2 Å². The molecule has 7 rings (SSSR count). The van der Waals surface area contributed by atoms with Gasteiger partial charge in [-0.15, -0.1) is 0 Å². The fraction of sp³-hybridized carbons (Fsp3) is 0.257. The summed E-state index contributed by atoms with van der Waals surface area (Å²) in [4.78, 5) is 43.6. The average Bonchev–Trinajstić information content (AvgIpc) is 3.34. The van der Waals surface area contributed by atoms with Crippen LogP contribution in [0.1, 0.15) is 46.8 Å². The van der Waals surface area contributed by atoms with Gasteiger partial charge < -0.3 is 4.90 Å². The number of benzene rings is 4. The summed E-state index contributed by atoms with van der Waals surface area (Å²) in [6.45, 7) is 3.80. The van der Waals surface area contributed by atoms with Crippen molar-refractivity contribution < 1.29 is 20.1 Å². The first-order valence-corrected chi connectivity index (χ1v) is 14.7. The van der Waals surface area contributed by atoms with Gasteiger partial charge in [-0.05, 0) is 65.3 Å². The van der Waals surface area contributed by atoms with Crippen molar-refractivity contribution in [2.24, 2.45) is 0 Å². The Bertz CT molecular complexity index is 1920. The number of hydrogen-bond acceptors (Lipinski definition) is 6. The van der Waals surface area contributed by atoms with Crippen molar-refractivity contribution in [3.63, 3.8) is 0 Å². The van der Waals surface area contributed by atoms with E-state index in [0.29, 0.717) is 42.0 Å². The van der Waals surface area contributed by atoms with Crippen molar-refractivity contribution in [2.75, 3.05) is 36.0 Å². The number of rotatable bonds is 6. The van der Waals surface area contributed by atoms with Crippen LogP contribution in [-0.2, 0) is 22.6 Å². The summed E-state index contributed by atoms with van der Waals surface area (Å²) in [5, 5.41) is 12.9. The second kappa shape index (κ2) is 11.2. The van der Waals surface area contributed by atoms with Crippen LogP contribution in [0, 0.1) is 17.1 Å². The molecule has 0 aliphatic carbocycles. The molecule has 9 heteroatoms. The first-order valence-electron chi connectivity index (χ1n) is 15.2. The van der Waals surface area contributed by atoms with E-state index in [-0.39, 0.29) is 18.7 Å². The molecule has 0 spiro atoms. The summed E-state index contributed by atoms with van der Waals surface area (Å²) in [5.41, 5.74) is 5.16. The third-order valence-corrected chi connectivity index (χ3v) is 8.77. The van der Waals surface area contributed by atoms with E-state index < -0.39 is 23.7 Å². The number of nitrogens with one attached hydrogen (secondary N) is 1. The molecule has 44 heavy (non-hydrogen) atoms. The Morgan fingerprint density at radius 2 is 1.68 bits per heavy atom. The Kier molecular flexibility index (Phi) is 6.76. The Balaban J connectivity index is 1.04. The average molecular weight is 589 g/mol. The van der Waals surface area contributed by atoms with E-state index in [1.165, 1.54) is 16.5 Å². The fourth-order valence-corrected chi connectivity index (χ4v) is 6.51. The molecule has 0 saturated carbocycles. The predicted octanol–water partition coefficient (Wildman–Crippen LogP) is 4.53. The molecule has 0 bridgehead atoms. The van der Waals surface area contributed by atoms with Crippen molar-refractivity contribution in [3.05, 3.63) is 106 Å². The number of imide groups is 1. The normalized spacial score (nSPS) is 20.5. The van der Waals surface area contributed by atoms with E-state index >= 15 is 0 Å². The minimum absolute atomic E-state index is 0.00136. The monoisotopic (exact) mass is 588 g/mol. The molecule has 8 nitrogen and oxygen atoms in total. The first kappa shape index (κ1) is 26.5. The van der Waals surface area contributed by atoms with E-state index in [2.05, 4.69) is 34.5 Å². The van der Waals surface area contributed by atoms with Crippen molar-refractivity contribution in [2.45, 2.75) is 31.8 Å². The van der Waals surface area contributed by atoms with Crippen LogP contribution in [0.4, 0.5) is 15.8 Å². The quantitative estimate of drug-likeness (QED) is 0.333. The van der Waals surface area contributed by atoms with Crippen LogP contribution in [0.15, 0.2) is 72.8 Å². The lowest BCUT2D eigenvalue weighted by Crippen LogP contribution is -2.53. The fourth-order valence-electron chi connectivity index (χ4n) is 6.51. The SMILES string of the molecule is [2H][C@]1(N2C(=O)c3cccc4c(Cc5ccc(CN6CCN(c7ccc(C#N)cc7F)CC6)cc5)ccc2c34)CCC(=O)NC1=O. The second-order valence-electron chi connectivity index (χ2n) is 11.5. The van der Waals surface area contributed by atoms with Gasteiger partial charge in [-0.3, -0.25) is 29.5 Å². The molecule has 220 valence electrons. The van der Waals surface area contributed by atoms with Crippen molar-refractivity contribution in [1.29, 1.82) is 5.26 Å². The summed E-state index contributed by atoms with van der Waals surface area (Å²) < 4.78 is 23.4. The summed E-state index contributed by atoms with van der Waals surface area (Å²) in [7, 11) is 0. The topological polar surface area (TPSA) is 96.8 Å². The maximum Gasteiger partial charge on any atom is 0.259 e. The van der Waals surface area contributed by atoms with Gasteiger partial charge in [0.2, 0.25) is 11.8 Å². The van der Waals surface area contributed by atoms with E-state index in [9.17, 15) is 18.8 Å². The first-order chi connectivity index (χ1) is 21.7. The van der Waals surface area contributed by atoms with Gasteiger partial charge >= 0.3 is 0 Å². The highest BCUT2D eigenvalue weighted by Gasteiger charge is 2.40. The largest absolute Gasteiger partial charge is 0.367 e. The Morgan fingerprint density at radius 1 is 0.932 bits per heavy atom. The number of piperidine rings is 1. The van der Waals surface area contributed by atoms with Gasteiger partial charge in [0, 0.05) is 50.1 Å². The second-order valence-corrected chi connectivity index (χ2v) is 11.5. The Labute approximate surface area is 255 Å². The molecule has 3 amide bonds. The van der Waals surface area contributed by atoms with Crippen LogP contribution < -0.4 is 15.1 Å². The lowest BCUT2D eigenvalue weighted by atomic mass is 9.95. The highest BCUT2D eigenvalue weighted by Crippen LogP contribution is 2.41. The molecule has 4 aromatic carbocycles. The zero-order chi connectivity index (χ0) is 31.3. The zero-order valence-corrected chi connectivity index (χ0v) is 24.0. The molecule has 1 atom stereocenters. The van der Waals surface area contributed by atoms with Gasteiger partial charge in [0.1, 0.15) is 11.8 Å². The Morgan fingerprint density at radius 3 is 2.41 bits per heavy atom. The van der Waals surface area contributed by atoms with Crippen LogP contribution in [-0.4, -0.2) is 54.8 Å². The molecule has 3 aliphatic rings. The molecular formula is C35H30FN5O3. The molecular weight excluding hydrogens is 557 g/mol. The zero-order valence-electron chi connectivity index (χ0n) is 25.0. The molecule has 0 unspecified atom stereocenters.